The molecule has 0 spiro atoms. The van der Waals surface area contributed by atoms with Crippen molar-refractivity contribution in [1.82, 2.24) is 10.3 Å². The summed E-state index contributed by atoms with van der Waals surface area (Å²) in [5, 5.41) is 5.05. The van der Waals surface area contributed by atoms with Crippen LogP contribution in [0.3, 0.4) is 0 Å². The van der Waals surface area contributed by atoms with E-state index in [1.807, 2.05) is 0 Å². The zero-order chi connectivity index (χ0) is 21.8. The number of sulfone groups is 1. The Hall–Kier alpha value is -3.54. The fraction of sp³-hybridized carbons (Fsp3) is 0.111. The van der Waals surface area contributed by atoms with Gasteiger partial charge in [0.15, 0.2) is 6.39 Å². The van der Waals surface area contributed by atoms with Gasteiger partial charge in [-0.2, -0.15) is 0 Å². The van der Waals surface area contributed by atoms with Crippen LogP contribution in [0.2, 0.25) is 0 Å². The Morgan fingerprint density at radius 1 is 1.03 bits per heavy atom. The van der Waals surface area contributed by atoms with Crippen LogP contribution < -0.4 is 15.4 Å². The largest absolute Gasteiger partial charge is 0.573 e. The quantitative estimate of drug-likeness (QED) is 0.603. The first kappa shape index (κ1) is 21.2. The van der Waals surface area contributed by atoms with Gasteiger partial charge in [0, 0.05) is 5.69 Å². The van der Waals surface area contributed by atoms with Gasteiger partial charge in [0.2, 0.25) is 9.84 Å². The lowest BCUT2D eigenvalue weighted by Crippen LogP contribution is -2.27. The van der Waals surface area contributed by atoms with E-state index >= 15 is 0 Å². The Morgan fingerprint density at radius 3 is 2.17 bits per heavy atom. The maximum absolute atomic E-state index is 12.6. The number of aromatic nitrogens is 1. The molecule has 30 heavy (non-hydrogen) atoms. The molecule has 1 heterocycles. The number of carbonyl (C=O) groups excluding carboxylic acids is 1. The number of benzene rings is 2. The zero-order valence-electron chi connectivity index (χ0n) is 15.0. The Bertz CT molecular complexity index is 1100. The summed E-state index contributed by atoms with van der Waals surface area (Å²) in [5.74, 6) is -0.0735. The van der Waals surface area contributed by atoms with Crippen LogP contribution >= 0.6 is 0 Å². The van der Waals surface area contributed by atoms with E-state index in [2.05, 4.69) is 20.4 Å². The van der Waals surface area contributed by atoms with E-state index in [0.717, 1.165) is 24.3 Å². The molecule has 1 aromatic heterocycles. The summed E-state index contributed by atoms with van der Waals surface area (Å²) in [6, 6.07) is 8.60. The normalized spacial score (nSPS) is 11.7. The summed E-state index contributed by atoms with van der Waals surface area (Å²) in [4.78, 5) is 15.3. The second-order valence-corrected chi connectivity index (χ2v) is 7.77. The molecular weight excluding hydrogens is 427 g/mol. The standard InChI is InChI=1S/C18H14F3N3O5S/c19-18(20,21)29-13-3-7-16(8-4-13)30(26,27)15-5-1-12(2-6-15)24-17(25)23-10-14-9-22-11-28-14/h1-9,11H,10H2,(H2,23,24,25). The zero-order valence-corrected chi connectivity index (χ0v) is 15.8. The third-order valence-corrected chi connectivity index (χ3v) is 5.48. The number of oxazole rings is 1. The van der Waals surface area contributed by atoms with Crippen molar-refractivity contribution in [1.29, 1.82) is 0 Å². The first-order chi connectivity index (χ1) is 14.1. The minimum atomic E-state index is -4.87. The minimum absolute atomic E-state index is 0.0976. The second-order valence-electron chi connectivity index (χ2n) is 5.82. The second kappa shape index (κ2) is 8.45. The molecule has 12 heteroatoms. The molecule has 2 amide bonds. The number of carbonyl (C=O) groups is 1. The molecule has 0 aliphatic carbocycles. The van der Waals surface area contributed by atoms with Gasteiger partial charge in [-0.1, -0.05) is 0 Å². The van der Waals surface area contributed by atoms with Crippen LogP contribution in [0.1, 0.15) is 5.76 Å². The molecule has 158 valence electrons. The Kier molecular flexibility index (Phi) is 5.96. The van der Waals surface area contributed by atoms with Crippen LogP contribution in [0.4, 0.5) is 23.7 Å². The highest BCUT2D eigenvalue weighted by atomic mass is 32.2. The van der Waals surface area contributed by atoms with Gasteiger partial charge in [-0.15, -0.1) is 13.2 Å². The molecule has 0 radical (unpaired) electrons. The van der Waals surface area contributed by atoms with Crippen molar-refractivity contribution in [3.8, 4) is 5.75 Å². The molecular formula is C18H14F3N3O5S. The van der Waals surface area contributed by atoms with E-state index < -0.39 is 28.0 Å². The summed E-state index contributed by atoms with van der Waals surface area (Å²) in [5.41, 5.74) is 0.331. The summed E-state index contributed by atoms with van der Waals surface area (Å²) < 4.78 is 70.6. The first-order valence-corrected chi connectivity index (χ1v) is 9.75. The van der Waals surface area contributed by atoms with Crippen LogP contribution in [-0.2, 0) is 16.4 Å². The fourth-order valence-corrected chi connectivity index (χ4v) is 3.61. The van der Waals surface area contributed by atoms with Crippen LogP contribution in [0, 0.1) is 0 Å². The molecule has 0 aliphatic rings. The molecule has 8 nitrogen and oxygen atoms in total. The summed E-state index contributed by atoms with van der Waals surface area (Å²) >= 11 is 0. The van der Waals surface area contributed by atoms with Gasteiger partial charge >= 0.3 is 12.4 Å². The first-order valence-electron chi connectivity index (χ1n) is 8.27. The van der Waals surface area contributed by atoms with E-state index in [1.54, 1.807) is 0 Å². The molecule has 2 N–H and O–H groups in total. The lowest BCUT2D eigenvalue weighted by Gasteiger charge is -2.10. The number of amides is 2. The van der Waals surface area contributed by atoms with Gasteiger partial charge in [-0.05, 0) is 48.5 Å². The van der Waals surface area contributed by atoms with Crippen LogP contribution in [-0.4, -0.2) is 25.8 Å². The maximum atomic E-state index is 12.6. The number of urea groups is 1. The molecule has 0 unspecified atom stereocenters. The lowest BCUT2D eigenvalue weighted by atomic mass is 10.3. The third kappa shape index (κ3) is 5.50. The van der Waals surface area contributed by atoms with Crippen molar-refractivity contribution < 1.29 is 35.5 Å². The smallest absolute Gasteiger partial charge is 0.447 e. The highest BCUT2D eigenvalue weighted by Crippen LogP contribution is 2.27. The summed E-state index contributed by atoms with van der Waals surface area (Å²) in [6.07, 6.45) is -2.20. The Morgan fingerprint density at radius 2 is 1.63 bits per heavy atom. The number of ether oxygens (including phenoxy) is 1. The van der Waals surface area contributed by atoms with Crippen LogP contribution in [0.5, 0.6) is 5.75 Å². The molecule has 2 aromatic carbocycles. The van der Waals surface area contributed by atoms with Crippen LogP contribution in [0.25, 0.3) is 0 Å². The number of anilines is 1. The molecule has 3 rings (SSSR count). The number of halogens is 3. The maximum Gasteiger partial charge on any atom is 0.573 e. The number of rotatable bonds is 6. The Balaban J connectivity index is 1.64. The molecule has 0 atom stereocenters. The van der Waals surface area contributed by atoms with Crippen molar-refractivity contribution in [3.63, 3.8) is 0 Å². The van der Waals surface area contributed by atoms with Gasteiger partial charge in [0.25, 0.3) is 0 Å². The van der Waals surface area contributed by atoms with E-state index in [-0.39, 0.29) is 16.3 Å². The monoisotopic (exact) mass is 441 g/mol. The topological polar surface area (TPSA) is 111 Å². The molecule has 3 aromatic rings. The molecule has 0 saturated carbocycles. The summed E-state index contributed by atoms with van der Waals surface area (Å²) in [6.45, 7) is 0.117. The third-order valence-electron chi connectivity index (χ3n) is 3.70. The van der Waals surface area contributed by atoms with Crippen molar-refractivity contribution in [3.05, 3.63) is 66.9 Å². The van der Waals surface area contributed by atoms with Gasteiger partial charge in [0.1, 0.15) is 11.5 Å². The van der Waals surface area contributed by atoms with Crippen LogP contribution in [0.15, 0.2) is 75.3 Å². The molecule has 0 aliphatic heterocycles. The average molecular weight is 441 g/mol. The number of hydrogen-bond acceptors (Lipinski definition) is 6. The average Bonchev–Trinajstić information content (AvgIpc) is 3.20. The van der Waals surface area contributed by atoms with Crippen molar-refractivity contribution in [2.75, 3.05) is 5.32 Å². The predicted molar refractivity (Wildman–Crippen MR) is 97.4 cm³/mol. The van der Waals surface area contributed by atoms with E-state index in [1.165, 1.54) is 36.9 Å². The van der Waals surface area contributed by atoms with Crippen molar-refractivity contribution in [2.45, 2.75) is 22.7 Å². The number of nitrogens with one attached hydrogen (secondary N) is 2. The highest BCUT2D eigenvalue weighted by molar-refractivity contribution is 7.91. The van der Waals surface area contributed by atoms with Gasteiger partial charge in [0.05, 0.1) is 22.5 Å². The van der Waals surface area contributed by atoms with Crippen molar-refractivity contribution in [2.24, 2.45) is 0 Å². The fourth-order valence-electron chi connectivity index (χ4n) is 2.35. The molecule has 0 saturated heterocycles. The number of hydrogen-bond donors (Lipinski definition) is 2. The summed E-state index contributed by atoms with van der Waals surface area (Å²) in [7, 11) is -3.97. The van der Waals surface area contributed by atoms with Gasteiger partial charge < -0.3 is 19.8 Å². The van der Waals surface area contributed by atoms with E-state index in [0.29, 0.717) is 11.4 Å². The van der Waals surface area contributed by atoms with Crippen molar-refractivity contribution >= 4 is 21.6 Å². The number of alkyl halides is 3. The lowest BCUT2D eigenvalue weighted by molar-refractivity contribution is -0.274. The molecule has 0 bridgehead atoms. The van der Waals surface area contributed by atoms with E-state index in [9.17, 15) is 26.4 Å². The number of nitrogens with zero attached hydrogens (tertiary/aromatic N) is 1. The SMILES string of the molecule is O=C(NCc1cnco1)Nc1ccc(S(=O)(=O)c2ccc(OC(F)(F)F)cc2)cc1. The van der Waals surface area contributed by atoms with Gasteiger partial charge in [-0.3, -0.25) is 0 Å². The minimum Gasteiger partial charge on any atom is -0.447 e. The highest BCUT2D eigenvalue weighted by Gasteiger charge is 2.31. The van der Waals surface area contributed by atoms with E-state index in [4.69, 9.17) is 4.42 Å². The Labute approximate surface area is 168 Å². The predicted octanol–water partition coefficient (Wildman–Crippen LogP) is 3.73. The van der Waals surface area contributed by atoms with Gasteiger partial charge in [-0.25, -0.2) is 18.2 Å². The molecule has 0 fully saturated rings.